The fourth-order valence-electron chi connectivity index (χ4n) is 2.28. The Morgan fingerprint density at radius 3 is 2.52 bits per heavy atom. The molecule has 0 aliphatic heterocycles. The highest BCUT2D eigenvalue weighted by atomic mass is 35.5. The van der Waals surface area contributed by atoms with E-state index >= 15 is 0 Å². The van der Waals surface area contributed by atoms with Gasteiger partial charge in [0.25, 0.3) is 0 Å². The number of carboxylic acids is 1. The molecule has 0 atom stereocenters. The van der Waals surface area contributed by atoms with E-state index in [0.29, 0.717) is 32.0 Å². The first-order chi connectivity index (χ1) is 11.9. The maximum absolute atomic E-state index is 11.6. The van der Waals surface area contributed by atoms with Gasteiger partial charge in [0.05, 0.1) is 22.0 Å². The van der Waals surface area contributed by atoms with E-state index in [9.17, 15) is 9.90 Å². The van der Waals surface area contributed by atoms with E-state index in [1.165, 1.54) is 10.8 Å². The Balaban J connectivity index is 2.02. The number of rotatable bonds is 4. The minimum Gasteiger partial charge on any atom is -0.478 e. The lowest BCUT2D eigenvalue weighted by Gasteiger charge is -2.05. The molecule has 0 amide bonds. The Bertz CT molecular complexity index is 980. The fourth-order valence-corrected chi connectivity index (χ4v) is 2.84. The van der Waals surface area contributed by atoms with Crippen LogP contribution in [0.2, 0.25) is 15.1 Å². The van der Waals surface area contributed by atoms with Crippen molar-refractivity contribution in [3.63, 3.8) is 0 Å². The molecule has 2 aromatic carbocycles. The Hall–Kier alpha value is -2.27. The molecule has 126 valence electrons. The van der Waals surface area contributed by atoms with Gasteiger partial charge < -0.3 is 5.11 Å². The summed E-state index contributed by atoms with van der Waals surface area (Å²) in [7, 11) is 0. The van der Waals surface area contributed by atoms with Gasteiger partial charge in [-0.15, -0.1) is 0 Å². The van der Waals surface area contributed by atoms with Crippen molar-refractivity contribution in [1.29, 1.82) is 0 Å². The van der Waals surface area contributed by atoms with Gasteiger partial charge in [0.2, 0.25) is 0 Å². The Kier molecular flexibility index (Phi) is 5.13. The number of aliphatic carboxylic acids is 1. The second kappa shape index (κ2) is 7.31. The summed E-state index contributed by atoms with van der Waals surface area (Å²) in [5, 5.41) is 15.3. The SMILES string of the molecule is O=C(O)/C(=C\c1ccn(-c2cc(Cl)ccc2Cl)n1)c1cccc(Cl)c1. The van der Waals surface area contributed by atoms with Crippen LogP contribution in [0, 0.1) is 0 Å². The van der Waals surface area contributed by atoms with E-state index in [1.807, 2.05) is 0 Å². The van der Waals surface area contributed by atoms with Crippen molar-refractivity contribution >= 4 is 52.4 Å². The molecule has 1 aromatic heterocycles. The van der Waals surface area contributed by atoms with Gasteiger partial charge in [-0.2, -0.15) is 5.10 Å². The highest BCUT2D eigenvalue weighted by molar-refractivity contribution is 6.34. The van der Waals surface area contributed by atoms with Crippen molar-refractivity contribution in [2.24, 2.45) is 0 Å². The number of carboxylic acid groups (broad SMARTS) is 1. The van der Waals surface area contributed by atoms with E-state index in [4.69, 9.17) is 34.8 Å². The Morgan fingerprint density at radius 1 is 1.04 bits per heavy atom. The zero-order valence-electron chi connectivity index (χ0n) is 12.7. The predicted octanol–water partition coefficient (Wildman–Crippen LogP) is 5.46. The molecule has 0 unspecified atom stereocenters. The van der Waals surface area contributed by atoms with Crippen molar-refractivity contribution in [2.75, 3.05) is 0 Å². The topological polar surface area (TPSA) is 55.1 Å². The van der Waals surface area contributed by atoms with Crippen molar-refractivity contribution in [1.82, 2.24) is 9.78 Å². The zero-order chi connectivity index (χ0) is 18.0. The largest absolute Gasteiger partial charge is 0.478 e. The smallest absolute Gasteiger partial charge is 0.336 e. The molecule has 0 aliphatic carbocycles. The average molecular weight is 394 g/mol. The summed E-state index contributed by atoms with van der Waals surface area (Å²) in [4.78, 5) is 11.6. The first kappa shape index (κ1) is 17.5. The molecule has 0 saturated heterocycles. The first-order valence-corrected chi connectivity index (χ1v) is 8.29. The van der Waals surface area contributed by atoms with Crippen LogP contribution in [0.25, 0.3) is 17.3 Å². The lowest BCUT2D eigenvalue weighted by Crippen LogP contribution is -2.00. The number of hydrogen-bond acceptors (Lipinski definition) is 2. The molecule has 1 heterocycles. The molecule has 0 fully saturated rings. The van der Waals surface area contributed by atoms with E-state index in [-0.39, 0.29) is 5.57 Å². The van der Waals surface area contributed by atoms with E-state index < -0.39 is 5.97 Å². The summed E-state index contributed by atoms with van der Waals surface area (Å²) in [6, 6.07) is 13.4. The van der Waals surface area contributed by atoms with Crippen LogP contribution in [0.3, 0.4) is 0 Å². The van der Waals surface area contributed by atoms with Crippen LogP contribution in [0.5, 0.6) is 0 Å². The summed E-state index contributed by atoms with van der Waals surface area (Å²) >= 11 is 18.1. The van der Waals surface area contributed by atoms with Gasteiger partial charge in [-0.05, 0) is 48.0 Å². The lowest BCUT2D eigenvalue weighted by atomic mass is 10.1. The van der Waals surface area contributed by atoms with Crippen LogP contribution >= 0.6 is 34.8 Å². The van der Waals surface area contributed by atoms with Crippen molar-refractivity contribution in [3.05, 3.63) is 81.1 Å². The number of aromatic nitrogens is 2. The van der Waals surface area contributed by atoms with Gasteiger partial charge in [-0.25, -0.2) is 9.48 Å². The van der Waals surface area contributed by atoms with Crippen LogP contribution in [0.15, 0.2) is 54.7 Å². The molecule has 7 heteroatoms. The van der Waals surface area contributed by atoms with Gasteiger partial charge in [-0.1, -0.05) is 46.9 Å². The lowest BCUT2D eigenvalue weighted by molar-refractivity contribution is -0.130. The second-order valence-corrected chi connectivity index (χ2v) is 6.43. The summed E-state index contributed by atoms with van der Waals surface area (Å²) in [5.41, 5.74) is 1.65. The highest BCUT2D eigenvalue weighted by Crippen LogP contribution is 2.25. The summed E-state index contributed by atoms with van der Waals surface area (Å²) < 4.78 is 1.54. The van der Waals surface area contributed by atoms with Gasteiger partial charge >= 0.3 is 5.97 Å². The molecule has 1 N–H and O–H groups in total. The number of carbonyl (C=O) groups is 1. The highest BCUT2D eigenvalue weighted by Gasteiger charge is 2.12. The van der Waals surface area contributed by atoms with Gasteiger partial charge in [-0.3, -0.25) is 0 Å². The third kappa shape index (κ3) is 4.04. The molecular formula is C18H11Cl3N2O2. The van der Waals surface area contributed by atoms with Crippen LogP contribution in [-0.4, -0.2) is 20.9 Å². The summed E-state index contributed by atoms with van der Waals surface area (Å²) in [5.74, 6) is -1.07. The third-order valence-electron chi connectivity index (χ3n) is 3.42. The quantitative estimate of drug-likeness (QED) is 0.599. The van der Waals surface area contributed by atoms with Crippen molar-refractivity contribution in [3.8, 4) is 5.69 Å². The molecule has 0 radical (unpaired) electrons. The third-order valence-corrected chi connectivity index (χ3v) is 4.21. The molecule has 0 saturated carbocycles. The standard InChI is InChI=1S/C18H11Cl3N2O2/c19-12-3-1-2-11(8-12)15(18(24)25)10-14-6-7-23(22-14)17-9-13(20)4-5-16(17)21/h1-10H,(H,24,25)/b15-10-. The minimum atomic E-state index is -1.07. The number of benzene rings is 2. The Labute approximate surface area is 158 Å². The molecule has 0 aliphatic rings. The normalized spacial score (nSPS) is 11.6. The molecule has 25 heavy (non-hydrogen) atoms. The fraction of sp³-hybridized carbons (Fsp3) is 0. The number of hydrogen-bond donors (Lipinski definition) is 1. The van der Waals surface area contributed by atoms with E-state index in [2.05, 4.69) is 5.10 Å². The number of halogens is 3. The molecule has 3 aromatic rings. The van der Waals surface area contributed by atoms with Crippen molar-refractivity contribution in [2.45, 2.75) is 0 Å². The van der Waals surface area contributed by atoms with Gasteiger partial charge in [0.1, 0.15) is 0 Å². The molecule has 0 bridgehead atoms. The molecule has 4 nitrogen and oxygen atoms in total. The number of nitrogens with zero attached hydrogens (tertiary/aromatic N) is 2. The van der Waals surface area contributed by atoms with Gasteiger partial charge in [0, 0.05) is 16.2 Å². The Morgan fingerprint density at radius 2 is 1.80 bits per heavy atom. The van der Waals surface area contributed by atoms with Crippen LogP contribution < -0.4 is 0 Å². The monoisotopic (exact) mass is 392 g/mol. The van der Waals surface area contributed by atoms with E-state index in [1.54, 1.807) is 54.7 Å². The molecule has 0 spiro atoms. The maximum Gasteiger partial charge on any atom is 0.336 e. The molecule has 3 rings (SSSR count). The minimum absolute atomic E-state index is 0.0879. The van der Waals surface area contributed by atoms with Crippen LogP contribution in [-0.2, 0) is 4.79 Å². The maximum atomic E-state index is 11.6. The summed E-state index contributed by atoms with van der Waals surface area (Å²) in [6.07, 6.45) is 3.16. The predicted molar refractivity (Wildman–Crippen MR) is 101 cm³/mol. The summed E-state index contributed by atoms with van der Waals surface area (Å²) in [6.45, 7) is 0. The zero-order valence-corrected chi connectivity index (χ0v) is 14.9. The first-order valence-electron chi connectivity index (χ1n) is 7.16. The second-order valence-electron chi connectivity index (χ2n) is 5.15. The van der Waals surface area contributed by atoms with Crippen LogP contribution in [0.1, 0.15) is 11.3 Å². The van der Waals surface area contributed by atoms with Crippen LogP contribution in [0.4, 0.5) is 0 Å². The van der Waals surface area contributed by atoms with Gasteiger partial charge in [0.15, 0.2) is 0 Å². The average Bonchev–Trinajstić information content (AvgIpc) is 3.03. The van der Waals surface area contributed by atoms with Crippen molar-refractivity contribution < 1.29 is 9.90 Å². The molecular weight excluding hydrogens is 383 g/mol. The van der Waals surface area contributed by atoms with E-state index in [0.717, 1.165) is 0 Å².